The van der Waals surface area contributed by atoms with E-state index in [-0.39, 0.29) is 11.6 Å². The highest BCUT2D eigenvalue weighted by atomic mass is 15.2. The number of hydrogen-bond acceptors (Lipinski definition) is 2. The molecule has 1 aliphatic rings. The Hall–Kier alpha value is -0.860. The highest BCUT2D eigenvalue weighted by molar-refractivity contribution is 5.22. The first-order valence-electron chi connectivity index (χ1n) is 6.18. The zero-order chi connectivity index (χ0) is 11.6. The van der Waals surface area contributed by atoms with Gasteiger partial charge in [0.05, 0.1) is 0 Å². The molecule has 0 amide bonds. The van der Waals surface area contributed by atoms with Crippen molar-refractivity contribution in [3.8, 4) is 0 Å². The van der Waals surface area contributed by atoms with E-state index < -0.39 is 0 Å². The van der Waals surface area contributed by atoms with E-state index in [9.17, 15) is 0 Å². The molecule has 2 nitrogen and oxygen atoms in total. The summed E-state index contributed by atoms with van der Waals surface area (Å²) >= 11 is 0. The van der Waals surface area contributed by atoms with Crippen LogP contribution in [-0.2, 0) is 0 Å². The lowest BCUT2D eigenvalue weighted by Gasteiger charge is -2.40. The maximum atomic E-state index is 6.41. The molecule has 1 aliphatic heterocycles. The van der Waals surface area contributed by atoms with Crippen LogP contribution in [0.4, 0.5) is 0 Å². The van der Waals surface area contributed by atoms with Crippen LogP contribution in [0.1, 0.15) is 38.3 Å². The molecule has 2 rings (SSSR count). The average Bonchev–Trinajstić information content (AvgIpc) is 2.83. The molecule has 0 aliphatic carbocycles. The van der Waals surface area contributed by atoms with Crippen LogP contribution in [0.25, 0.3) is 0 Å². The molecule has 16 heavy (non-hydrogen) atoms. The van der Waals surface area contributed by atoms with Gasteiger partial charge in [0, 0.05) is 11.6 Å². The van der Waals surface area contributed by atoms with Crippen LogP contribution in [0.3, 0.4) is 0 Å². The number of rotatable bonds is 3. The molecular formula is C14H22N2. The molecule has 1 atom stereocenters. The van der Waals surface area contributed by atoms with Gasteiger partial charge in [0.25, 0.3) is 0 Å². The topological polar surface area (TPSA) is 29.3 Å². The molecule has 2 heteroatoms. The Labute approximate surface area is 98.4 Å². The zero-order valence-electron chi connectivity index (χ0n) is 10.3. The fourth-order valence-corrected chi connectivity index (χ4v) is 2.56. The summed E-state index contributed by atoms with van der Waals surface area (Å²) in [5.74, 6) is 0. The van der Waals surface area contributed by atoms with E-state index in [1.54, 1.807) is 0 Å². The van der Waals surface area contributed by atoms with Gasteiger partial charge in [-0.3, -0.25) is 4.90 Å². The van der Waals surface area contributed by atoms with Crippen LogP contribution in [-0.4, -0.2) is 23.5 Å². The average molecular weight is 218 g/mol. The Morgan fingerprint density at radius 2 is 1.69 bits per heavy atom. The molecule has 2 N–H and O–H groups in total. The summed E-state index contributed by atoms with van der Waals surface area (Å²) in [7, 11) is 0. The summed E-state index contributed by atoms with van der Waals surface area (Å²) in [6, 6.07) is 10.5. The third-order valence-corrected chi connectivity index (χ3v) is 3.84. The van der Waals surface area contributed by atoms with E-state index in [2.05, 4.69) is 43.0 Å². The van der Waals surface area contributed by atoms with E-state index in [0.29, 0.717) is 0 Å². The Kier molecular flexibility index (Phi) is 3.31. The fourth-order valence-electron chi connectivity index (χ4n) is 2.56. The van der Waals surface area contributed by atoms with Gasteiger partial charge in [0.15, 0.2) is 0 Å². The second-order valence-corrected chi connectivity index (χ2v) is 5.24. The highest BCUT2D eigenvalue weighted by Gasteiger charge is 2.35. The van der Waals surface area contributed by atoms with Gasteiger partial charge < -0.3 is 5.73 Å². The van der Waals surface area contributed by atoms with Gasteiger partial charge in [0.1, 0.15) is 0 Å². The van der Waals surface area contributed by atoms with Crippen LogP contribution >= 0.6 is 0 Å². The van der Waals surface area contributed by atoms with E-state index in [4.69, 9.17) is 5.73 Å². The standard InChI is InChI=1S/C14H22N2/c1-14(2,16-10-6-7-11-16)13(15)12-8-4-3-5-9-12/h3-5,8-9,13H,6-7,10-11,15H2,1-2H3/t13-/m0/s1. The lowest BCUT2D eigenvalue weighted by atomic mass is 9.88. The van der Waals surface area contributed by atoms with Gasteiger partial charge in [-0.2, -0.15) is 0 Å². The van der Waals surface area contributed by atoms with Crippen molar-refractivity contribution in [3.63, 3.8) is 0 Å². The lowest BCUT2D eigenvalue weighted by Crippen LogP contribution is -2.49. The SMILES string of the molecule is CC(C)([C@@H](N)c1ccccc1)N1CCCC1. The predicted molar refractivity (Wildman–Crippen MR) is 68.3 cm³/mol. The molecule has 0 bridgehead atoms. The summed E-state index contributed by atoms with van der Waals surface area (Å²) in [6.45, 7) is 6.90. The largest absolute Gasteiger partial charge is 0.322 e. The Morgan fingerprint density at radius 3 is 2.25 bits per heavy atom. The molecule has 1 aromatic rings. The second-order valence-electron chi connectivity index (χ2n) is 5.24. The minimum Gasteiger partial charge on any atom is -0.322 e. The third-order valence-electron chi connectivity index (χ3n) is 3.84. The number of nitrogens with two attached hydrogens (primary N) is 1. The van der Waals surface area contributed by atoms with Crippen molar-refractivity contribution in [1.82, 2.24) is 4.90 Å². The number of benzene rings is 1. The van der Waals surface area contributed by atoms with Crippen LogP contribution in [0.5, 0.6) is 0 Å². The second kappa shape index (κ2) is 4.56. The van der Waals surface area contributed by atoms with Gasteiger partial charge in [-0.25, -0.2) is 0 Å². The maximum Gasteiger partial charge on any atom is 0.0476 e. The number of hydrogen-bond donors (Lipinski definition) is 1. The summed E-state index contributed by atoms with van der Waals surface area (Å²) in [4.78, 5) is 2.52. The van der Waals surface area contributed by atoms with Crippen molar-refractivity contribution in [3.05, 3.63) is 35.9 Å². The van der Waals surface area contributed by atoms with Gasteiger partial charge in [-0.1, -0.05) is 30.3 Å². The summed E-state index contributed by atoms with van der Waals surface area (Å²) in [5, 5.41) is 0. The van der Waals surface area contributed by atoms with Crippen molar-refractivity contribution in [2.75, 3.05) is 13.1 Å². The smallest absolute Gasteiger partial charge is 0.0476 e. The first kappa shape index (κ1) is 11.6. The summed E-state index contributed by atoms with van der Waals surface area (Å²) in [5.41, 5.74) is 7.70. The summed E-state index contributed by atoms with van der Waals surface area (Å²) < 4.78 is 0. The van der Waals surface area contributed by atoms with E-state index in [0.717, 1.165) is 0 Å². The minimum atomic E-state index is 0.0534. The van der Waals surface area contributed by atoms with Crippen molar-refractivity contribution in [1.29, 1.82) is 0 Å². The molecule has 0 saturated carbocycles. The van der Waals surface area contributed by atoms with Crippen molar-refractivity contribution in [2.45, 2.75) is 38.3 Å². The molecule has 0 unspecified atom stereocenters. The molecule has 1 fully saturated rings. The molecule has 0 spiro atoms. The van der Waals surface area contributed by atoms with Gasteiger partial charge in [0.2, 0.25) is 0 Å². The predicted octanol–water partition coefficient (Wildman–Crippen LogP) is 2.56. The van der Waals surface area contributed by atoms with Crippen LogP contribution < -0.4 is 5.73 Å². The van der Waals surface area contributed by atoms with Crippen molar-refractivity contribution < 1.29 is 0 Å². The first-order valence-corrected chi connectivity index (χ1v) is 6.18. The first-order chi connectivity index (χ1) is 7.62. The molecule has 0 radical (unpaired) electrons. The number of nitrogens with zero attached hydrogens (tertiary/aromatic N) is 1. The Balaban J connectivity index is 2.16. The van der Waals surface area contributed by atoms with Crippen molar-refractivity contribution >= 4 is 0 Å². The minimum absolute atomic E-state index is 0.0534. The molecule has 1 heterocycles. The third kappa shape index (κ3) is 2.13. The van der Waals surface area contributed by atoms with Crippen molar-refractivity contribution in [2.24, 2.45) is 5.73 Å². The van der Waals surface area contributed by atoms with E-state index in [1.807, 2.05) is 6.07 Å². The lowest BCUT2D eigenvalue weighted by molar-refractivity contribution is 0.124. The van der Waals surface area contributed by atoms with Crippen LogP contribution in [0.2, 0.25) is 0 Å². The summed E-state index contributed by atoms with van der Waals surface area (Å²) in [6.07, 6.45) is 2.62. The highest BCUT2D eigenvalue weighted by Crippen LogP contribution is 2.31. The molecular weight excluding hydrogens is 196 g/mol. The Morgan fingerprint density at radius 1 is 1.12 bits per heavy atom. The van der Waals surface area contributed by atoms with Gasteiger partial charge in [-0.15, -0.1) is 0 Å². The van der Waals surface area contributed by atoms with Crippen LogP contribution in [0, 0.1) is 0 Å². The molecule has 88 valence electrons. The van der Waals surface area contributed by atoms with E-state index in [1.165, 1.54) is 31.5 Å². The maximum absolute atomic E-state index is 6.41. The zero-order valence-corrected chi connectivity index (χ0v) is 10.3. The Bertz CT molecular complexity index is 326. The molecule has 0 aromatic heterocycles. The van der Waals surface area contributed by atoms with E-state index >= 15 is 0 Å². The van der Waals surface area contributed by atoms with Crippen LogP contribution in [0.15, 0.2) is 30.3 Å². The quantitative estimate of drug-likeness (QED) is 0.845. The molecule has 1 aromatic carbocycles. The monoisotopic (exact) mass is 218 g/mol. The molecule has 1 saturated heterocycles. The van der Waals surface area contributed by atoms with Gasteiger partial charge in [-0.05, 0) is 45.3 Å². The number of likely N-dealkylation sites (tertiary alicyclic amines) is 1. The normalized spacial score (nSPS) is 19.9. The fraction of sp³-hybridized carbons (Fsp3) is 0.571. The van der Waals surface area contributed by atoms with Gasteiger partial charge >= 0.3 is 0 Å².